The molecule has 1 spiro atoms. The van der Waals surface area contributed by atoms with E-state index >= 15 is 0 Å². The van der Waals surface area contributed by atoms with E-state index in [9.17, 15) is 0 Å². The minimum atomic E-state index is 0.391. The van der Waals surface area contributed by atoms with Gasteiger partial charge in [-0.2, -0.15) is 0 Å². The lowest BCUT2D eigenvalue weighted by atomic mass is 9.50. The van der Waals surface area contributed by atoms with Crippen molar-refractivity contribution in [2.24, 2.45) is 5.41 Å². The summed E-state index contributed by atoms with van der Waals surface area (Å²) in [7, 11) is 3.99. The Morgan fingerprint density at radius 3 is 2.78 bits per heavy atom. The van der Waals surface area contributed by atoms with Crippen LogP contribution in [0.3, 0.4) is 0 Å². The molecule has 0 amide bonds. The van der Waals surface area contributed by atoms with Gasteiger partial charge in [-0.1, -0.05) is 6.42 Å². The Labute approximate surface area is 108 Å². The lowest BCUT2D eigenvalue weighted by Crippen LogP contribution is -2.67. The van der Waals surface area contributed by atoms with Crippen LogP contribution in [0.1, 0.15) is 31.5 Å². The maximum absolute atomic E-state index is 5.62. The smallest absolute Gasteiger partial charge is 0.132 e. The summed E-state index contributed by atoms with van der Waals surface area (Å²) in [6.45, 7) is 1.94. The molecule has 2 fully saturated rings. The van der Waals surface area contributed by atoms with Crippen LogP contribution in [0.25, 0.3) is 0 Å². The van der Waals surface area contributed by atoms with Crippen molar-refractivity contribution in [1.82, 2.24) is 9.97 Å². The normalized spacial score (nSPS) is 28.6. The Morgan fingerprint density at radius 1 is 1.44 bits per heavy atom. The van der Waals surface area contributed by atoms with E-state index in [-0.39, 0.29) is 0 Å². The predicted octanol–water partition coefficient (Wildman–Crippen LogP) is 2.18. The molecule has 2 saturated carbocycles. The monoisotopic (exact) mass is 247 g/mol. The Bertz CT molecular complexity index is 444. The Morgan fingerprint density at radius 2 is 2.22 bits per heavy atom. The van der Waals surface area contributed by atoms with Crippen LogP contribution in [0, 0.1) is 12.3 Å². The maximum Gasteiger partial charge on any atom is 0.132 e. The summed E-state index contributed by atoms with van der Waals surface area (Å²) < 4.78 is 5.62. The average Bonchev–Trinajstić information content (AvgIpc) is 2.26. The molecule has 0 aliphatic heterocycles. The van der Waals surface area contributed by atoms with Gasteiger partial charge in [0.25, 0.3) is 0 Å². The van der Waals surface area contributed by atoms with E-state index < -0.39 is 0 Å². The van der Waals surface area contributed by atoms with E-state index in [0.29, 0.717) is 17.6 Å². The van der Waals surface area contributed by atoms with Gasteiger partial charge in [-0.25, -0.2) is 9.97 Å². The quantitative estimate of drug-likeness (QED) is 0.820. The molecule has 1 heterocycles. The lowest BCUT2D eigenvalue weighted by Gasteiger charge is -2.63. The van der Waals surface area contributed by atoms with Crippen LogP contribution in [-0.2, 0) is 4.74 Å². The molecule has 4 nitrogen and oxygen atoms in total. The van der Waals surface area contributed by atoms with Gasteiger partial charge in [0.05, 0.1) is 6.10 Å². The fourth-order valence-electron chi connectivity index (χ4n) is 3.64. The molecule has 0 radical (unpaired) electrons. The van der Waals surface area contributed by atoms with Gasteiger partial charge < -0.3 is 9.64 Å². The van der Waals surface area contributed by atoms with Gasteiger partial charge in [-0.15, -0.1) is 0 Å². The van der Waals surface area contributed by atoms with Gasteiger partial charge in [-0.05, 0) is 32.3 Å². The van der Waals surface area contributed by atoms with E-state index in [1.165, 1.54) is 19.3 Å². The molecule has 98 valence electrons. The highest BCUT2D eigenvalue weighted by molar-refractivity contribution is 5.41. The third-order valence-electron chi connectivity index (χ3n) is 4.90. The molecule has 3 rings (SSSR count). The number of hydrogen-bond acceptors (Lipinski definition) is 4. The molecule has 0 saturated heterocycles. The second-order valence-corrected chi connectivity index (χ2v) is 5.64. The summed E-state index contributed by atoms with van der Waals surface area (Å²) in [5, 5.41) is 0. The topological polar surface area (TPSA) is 38.2 Å². The van der Waals surface area contributed by atoms with Crippen molar-refractivity contribution in [3.05, 3.63) is 18.1 Å². The highest BCUT2D eigenvalue weighted by Crippen LogP contribution is 2.59. The van der Waals surface area contributed by atoms with E-state index in [2.05, 4.69) is 21.9 Å². The van der Waals surface area contributed by atoms with Crippen molar-refractivity contribution in [3.8, 4) is 0 Å². The van der Waals surface area contributed by atoms with Crippen molar-refractivity contribution in [2.45, 2.75) is 44.8 Å². The first-order chi connectivity index (χ1) is 8.67. The number of ether oxygens (including phenoxy) is 1. The van der Waals surface area contributed by atoms with Crippen LogP contribution in [-0.4, -0.2) is 36.3 Å². The van der Waals surface area contributed by atoms with Crippen LogP contribution in [0.5, 0.6) is 0 Å². The molecule has 2 atom stereocenters. The molecule has 1 aromatic rings. The van der Waals surface area contributed by atoms with Gasteiger partial charge in [-0.3, -0.25) is 0 Å². The summed E-state index contributed by atoms with van der Waals surface area (Å²) in [5.41, 5.74) is 0.391. The van der Waals surface area contributed by atoms with Crippen molar-refractivity contribution in [2.75, 3.05) is 19.1 Å². The number of methoxy groups -OCH3 is 1. The second kappa shape index (κ2) is 4.19. The number of aromatic nitrogens is 2. The lowest BCUT2D eigenvalue weighted by molar-refractivity contribution is -0.152. The highest BCUT2D eigenvalue weighted by atomic mass is 16.5. The zero-order valence-electron chi connectivity index (χ0n) is 11.4. The van der Waals surface area contributed by atoms with E-state index in [0.717, 1.165) is 18.1 Å². The third kappa shape index (κ3) is 1.55. The van der Waals surface area contributed by atoms with Gasteiger partial charge in [0.1, 0.15) is 11.6 Å². The van der Waals surface area contributed by atoms with Crippen LogP contribution in [0.4, 0.5) is 5.82 Å². The first kappa shape index (κ1) is 11.9. The van der Waals surface area contributed by atoms with Gasteiger partial charge >= 0.3 is 0 Å². The third-order valence-corrected chi connectivity index (χ3v) is 4.90. The molecule has 2 aliphatic rings. The second-order valence-electron chi connectivity index (χ2n) is 5.64. The zero-order chi connectivity index (χ0) is 12.8. The number of anilines is 1. The van der Waals surface area contributed by atoms with Crippen molar-refractivity contribution >= 4 is 5.82 Å². The fourth-order valence-corrected chi connectivity index (χ4v) is 3.64. The van der Waals surface area contributed by atoms with Crippen LogP contribution in [0.2, 0.25) is 0 Å². The molecule has 0 bridgehead atoms. The predicted molar refractivity (Wildman–Crippen MR) is 70.7 cm³/mol. The van der Waals surface area contributed by atoms with Gasteiger partial charge in [0.2, 0.25) is 0 Å². The van der Waals surface area contributed by atoms with E-state index in [1.807, 2.05) is 26.3 Å². The van der Waals surface area contributed by atoms with Crippen molar-refractivity contribution in [3.63, 3.8) is 0 Å². The molecular formula is C14H21N3O. The number of aryl methyl sites for hydroxylation is 1. The molecule has 2 aliphatic carbocycles. The minimum absolute atomic E-state index is 0.391. The number of nitrogens with zero attached hydrogens (tertiary/aromatic N) is 3. The van der Waals surface area contributed by atoms with Crippen LogP contribution in [0.15, 0.2) is 12.3 Å². The number of hydrogen-bond donors (Lipinski definition) is 0. The molecular weight excluding hydrogens is 226 g/mol. The average molecular weight is 247 g/mol. The van der Waals surface area contributed by atoms with Gasteiger partial charge in [0, 0.05) is 31.8 Å². The Balaban J connectivity index is 1.80. The SMILES string of the molecule is CO[C@@H]1C[C@@H](N(C)c2ccnc(C)n2)C12CCC2. The summed E-state index contributed by atoms with van der Waals surface area (Å²) in [4.78, 5) is 11.0. The standard InChI is InChI=1S/C14H21N3O/c1-10-15-8-5-13(16-10)17(2)11-9-12(18-3)14(11)6-4-7-14/h5,8,11-12H,4,6-7,9H2,1-3H3/t11-,12-/m1/s1. The van der Waals surface area contributed by atoms with Crippen molar-refractivity contribution in [1.29, 1.82) is 0 Å². The summed E-state index contributed by atoms with van der Waals surface area (Å²) in [5.74, 6) is 1.87. The van der Waals surface area contributed by atoms with Crippen molar-refractivity contribution < 1.29 is 4.74 Å². The first-order valence-electron chi connectivity index (χ1n) is 6.72. The maximum atomic E-state index is 5.62. The summed E-state index contributed by atoms with van der Waals surface area (Å²) in [6.07, 6.45) is 7.34. The largest absolute Gasteiger partial charge is 0.381 e. The Hall–Kier alpha value is -1.16. The Kier molecular flexibility index (Phi) is 2.77. The molecule has 0 N–H and O–H groups in total. The van der Waals surface area contributed by atoms with E-state index in [4.69, 9.17) is 4.74 Å². The summed E-state index contributed by atoms with van der Waals surface area (Å²) in [6, 6.07) is 2.57. The van der Waals surface area contributed by atoms with Crippen LogP contribution < -0.4 is 4.90 Å². The molecule has 0 unspecified atom stereocenters. The number of rotatable bonds is 3. The van der Waals surface area contributed by atoms with Crippen LogP contribution >= 0.6 is 0 Å². The van der Waals surface area contributed by atoms with Gasteiger partial charge in [0.15, 0.2) is 0 Å². The molecule has 0 aromatic carbocycles. The fraction of sp³-hybridized carbons (Fsp3) is 0.714. The molecule has 4 heteroatoms. The zero-order valence-corrected chi connectivity index (χ0v) is 11.4. The molecule has 18 heavy (non-hydrogen) atoms. The van der Waals surface area contributed by atoms with E-state index in [1.54, 1.807) is 0 Å². The molecule has 1 aromatic heterocycles. The summed E-state index contributed by atoms with van der Waals surface area (Å²) >= 11 is 0. The highest BCUT2D eigenvalue weighted by Gasteiger charge is 2.60. The minimum Gasteiger partial charge on any atom is -0.381 e. The first-order valence-corrected chi connectivity index (χ1v) is 6.72.